The van der Waals surface area contributed by atoms with Crippen LogP contribution < -0.4 is 5.32 Å². The Morgan fingerprint density at radius 1 is 1.30 bits per heavy atom. The Morgan fingerprint density at radius 2 is 2.05 bits per heavy atom. The summed E-state index contributed by atoms with van der Waals surface area (Å²) in [4.78, 5) is 5.73. The fraction of sp³-hybridized carbons (Fsp3) is 0.438. The number of rotatable bonds is 5. The molecule has 2 aromatic rings. The molecule has 0 spiro atoms. The van der Waals surface area contributed by atoms with Gasteiger partial charge in [0.25, 0.3) is 0 Å². The highest BCUT2D eigenvalue weighted by Crippen LogP contribution is 2.30. The van der Waals surface area contributed by atoms with E-state index in [1.807, 2.05) is 26.0 Å². The van der Waals surface area contributed by atoms with Crippen LogP contribution in [0.2, 0.25) is 0 Å². The lowest BCUT2D eigenvalue weighted by Crippen LogP contribution is -2.23. The Balaban J connectivity index is 2.41. The number of nitrogens with one attached hydrogen (secondary N) is 1. The third-order valence-electron chi connectivity index (χ3n) is 3.32. The normalized spacial score (nSPS) is 12.7. The SMILES string of the molecule is CCCNC(c1ccc(F)c(C)c1)c1sc(C)nc1C. The minimum atomic E-state index is -0.153. The van der Waals surface area contributed by atoms with Gasteiger partial charge in [0.05, 0.1) is 16.7 Å². The fourth-order valence-corrected chi connectivity index (χ4v) is 3.34. The molecule has 0 saturated heterocycles. The van der Waals surface area contributed by atoms with Crippen molar-refractivity contribution in [2.45, 2.75) is 40.2 Å². The molecule has 0 aliphatic rings. The Morgan fingerprint density at radius 3 is 2.60 bits per heavy atom. The van der Waals surface area contributed by atoms with Gasteiger partial charge < -0.3 is 5.32 Å². The van der Waals surface area contributed by atoms with Crippen LogP contribution in [-0.4, -0.2) is 11.5 Å². The summed E-state index contributed by atoms with van der Waals surface area (Å²) in [5.41, 5.74) is 2.84. The van der Waals surface area contributed by atoms with Gasteiger partial charge in [0, 0.05) is 4.88 Å². The lowest BCUT2D eigenvalue weighted by atomic mass is 10.0. The maximum absolute atomic E-state index is 13.5. The van der Waals surface area contributed by atoms with Crippen molar-refractivity contribution in [3.8, 4) is 0 Å². The lowest BCUT2D eigenvalue weighted by Gasteiger charge is -2.19. The number of hydrogen-bond acceptors (Lipinski definition) is 3. The molecule has 4 heteroatoms. The Bertz CT molecular complexity index is 592. The minimum Gasteiger partial charge on any atom is -0.306 e. The summed E-state index contributed by atoms with van der Waals surface area (Å²) >= 11 is 1.71. The van der Waals surface area contributed by atoms with Gasteiger partial charge in [-0.3, -0.25) is 0 Å². The summed E-state index contributed by atoms with van der Waals surface area (Å²) in [5.74, 6) is -0.153. The predicted octanol–water partition coefficient (Wildman–Crippen LogP) is 4.30. The molecule has 1 unspecified atom stereocenters. The first-order chi connectivity index (χ1) is 9.52. The Labute approximate surface area is 124 Å². The summed E-state index contributed by atoms with van der Waals surface area (Å²) in [6.07, 6.45) is 1.06. The molecule has 1 aromatic heterocycles. The van der Waals surface area contributed by atoms with E-state index in [1.165, 1.54) is 4.88 Å². The summed E-state index contributed by atoms with van der Waals surface area (Å²) in [6, 6.07) is 5.44. The standard InChI is InChI=1S/C16H21FN2S/c1-5-8-18-15(16-11(3)19-12(4)20-16)13-6-7-14(17)10(2)9-13/h6-7,9,15,18H,5,8H2,1-4H3. The van der Waals surface area contributed by atoms with Crippen molar-refractivity contribution < 1.29 is 4.39 Å². The van der Waals surface area contributed by atoms with E-state index in [2.05, 4.69) is 17.2 Å². The van der Waals surface area contributed by atoms with Crippen molar-refractivity contribution in [3.05, 3.63) is 50.7 Å². The van der Waals surface area contributed by atoms with Crippen LogP contribution in [0.25, 0.3) is 0 Å². The molecule has 0 saturated carbocycles. The molecule has 0 radical (unpaired) electrons. The zero-order valence-corrected chi connectivity index (χ0v) is 13.3. The molecule has 0 amide bonds. The molecular formula is C16H21FN2S. The molecule has 108 valence electrons. The second-order valence-corrected chi connectivity index (χ2v) is 6.31. The number of aryl methyl sites for hydroxylation is 3. The van der Waals surface area contributed by atoms with E-state index in [0.717, 1.165) is 29.2 Å². The highest BCUT2D eigenvalue weighted by atomic mass is 32.1. The zero-order chi connectivity index (χ0) is 14.7. The zero-order valence-electron chi connectivity index (χ0n) is 12.5. The molecule has 0 aliphatic heterocycles. The number of thiazole rings is 1. The van der Waals surface area contributed by atoms with Crippen LogP contribution in [0.1, 0.15) is 46.1 Å². The fourth-order valence-electron chi connectivity index (χ4n) is 2.31. The summed E-state index contributed by atoms with van der Waals surface area (Å²) in [6.45, 7) is 8.94. The summed E-state index contributed by atoms with van der Waals surface area (Å²) in [7, 11) is 0. The first-order valence-electron chi connectivity index (χ1n) is 6.96. The van der Waals surface area contributed by atoms with E-state index in [4.69, 9.17) is 0 Å². The average Bonchev–Trinajstić information content (AvgIpc) is 2.73. The van der Waals surface area contributed by atoms with Crippen LogP contribution in [0.4, 0.5) is 4.39 Å². The van der Waals surface area contributed by atoms with E-state index >= 15 is 0 Å². The van der Waals surface area contributed by atoms with Gasteiger partial charge in [-0.2, -0.15) is 0 Å². The van der Waals surface area contributed by atoms with E-state index in [9.17, 15) is 4.39 Å². The summed E-state index contributed by atoms with van der Waals surface area (Å²) in [5, 5.41) is 4.62. The van der Waals surface area contributed by atoms with Crippen molar-refractivity contribution in [1.82, 2.24) is 10.3 Å². The maximum atomic E-state index is 13.5. The van der Waals surface area contributed by atoms with E-state index in [1.54, 1.807) is 24.3 Å². The van der Waals surface area contributed by atoms with Crippen LogP contribution in [0.5, 0.6) is 0 Å². The molecular weight excluding hydrogens is 271 g/mol. The highest BCUT2D eigenvalue weighted by Gasteiger charge is 2.19. The first kappa shape index (κ1) is 15.1. The third kappa shape index (κ3) is 3.25. The molecule has 0 bridgehead atoms. The highest BCUT2D eigenvalue weighted by molar-refractivity contribution is 7.11. The van der Waals surface area contributed by atoms with Gasteiger partial charge in [-0.05, 0) is 50.9 Å². The number of hydrogen-bond donors (Lipinski definition) is 1. The van der Waals surface area contributed by atoms with E-state index in [0.29, 0.717) is 5.56 Å². The number of nitrogens with zero attached hydrogens (tertiary/aromatic N) is 1. The molecule has 1 aromatic carbocycles. The summed E-state index contributed by atoms with van der Waals surface area (Å²) < 4.78 is 13.5. The molecule has 2 rings (SSSR count). The molecule has 1 atom stereocenters. The van der Waals surface area contributed by atoms with Crippen molar-refractivity contribution >= 4 is 11.3 Å². The van der Waals surface area contributed by atoms with Crippen LogP contribution >= 0.6 is 11.3 Å². The number of halogens is 1. The maximum Gasteiger partial charge on any atom is 0.126 e. The van der Waals surface area contributed by atoms with Gasteiger partial charge >= 0.3 is 0 Å². The largest absolute Gasteiger partial charge is 0.306 e. The van der Waals surface area contributed by atoms with Gasteiger partial charge in [-0.1, -0.05) is 19.1 Å². The molecule has 1 heterocycles. The van der Waals surface area contributed by atoms with Crippen LogP contribution in [0.3, 0.4) is 0 Å². The van der Waals surface area contributed by atoms with Gasteiger partial charge in [0.1, 0.15) is 5.82 Å². The molecule has 1 N–H and O–H groups in total. The Kier molecular flexibility index (Phi) is 4.89. The van der Waals surface area contributed by atoms with Gasteiger partial charge in [-0.25, -0.2) is 9.37 Å². The second kappa shape index (κ2) is 6.46. The monoisotopic (exact) mass is 292 g/mol. The van der Waals surface area contributed by atoms with Crippen molar-refractivity contribution in [2.75, 3.05) is 6.54 Å². The molecule has 20 heavy (non-hydrogen) atoms. The molecule has 0 aliphatic carbocycles. The third-order valence-corrected chi connectivity index (χ3v) is 4.45. The van der Waals surface area contributed by atoms with Crippen molar-refractivity contribution in [1.29, 1.82) is 0 Å². The molecule has 2 nitrogen and oxygen atoms in total. The number of aromatic nitrogens is 1. The smallest absolute Gasteiger partial charge is 0.126 e. The van der Waals surface area contributed by atoms with Crippen LogP contribution in [0.15, 0.2) is 18.2 Å². The lowest BCUT2D eigenvalue weighted by molar-refractivity contribution is 0.593. The second-order valence-electron chi connectivity index (χ2n) is 5.08. The van der Waals surface area contributed by atoms with Crippen LogP contribution in [0, 0.1) is 26.6 Å². The topological polar surface area (TPSA) is 24.9 Å². The quantitative estimate of drug-likeness (QED) is 0.889. The van der Waals surface area contributed by atoms with E-state index in [-0.39, 0.29) is 11.9 Å². The van der Waals surface area contributed by atoms with E-state index < -0.39 is 0 Å². The van der Waals surface area contributed by atoms with Gasteiger partial charge in [0.2, 0.25) is 0 Å². The van der Waals surface area contributed by atoms with Crippen molar-refractivity contribution in [3.63, 3.8) is 0 Å². The van der Waals surface area contributed by atoms with Crippen LogP contribution in [-0.2, 0) is 0 Å². The first-order valence-corrected chi connectivity index (χ1v) is 7.78. The van der Waals surface area contributed by atoms with Gasteiger partial charge in [0.15, 0.2) is 0 Å². The molecule has 0 fully saturated rings. The predicted molar refractivity (Wildman–Crippen MR) is 82.9 cm³/mol. The Hall–Kier alpha value is -1.26. The average molecular weight is 292 g/mol. The van der Waals surface area contributed by atoms with Gasteiger partial charge in [-0.15, -0.1) is 11.3 Å². The minimum absolute atomic E-state index is 0.0976. The van der Waals surface area contributed by atoms with Crippen molar-refractivity contribution in [2.24, 2.45) is 0 Å². The number of benzene rings is 1.